The molecule has 64 valence electrons. The molecule has 0 bridgehead atoms. The quantitative estimate of drug-likeness (QED) is 0.454. The summed E-state index contributed by atoms with van der Waals surface area (Å²) in [5.41, 5.74) is 0. The fourth-order valence-corrected chi connectivity index (χ4v) is 0.959. The summed E-state index contributed by atoms with van der Waals surface area (Å²) in [4.78, 5) is 13.8. The molecule has 0 spiro atoms. The first kappa shape index (κ1) is 8.42. The second-order valence-electron chi connectivity index (χ2n) is 2.82. The Morgan fingerprint density at radius 2 is 2.45 bits per heavy atom. The van der Waals surface area contributed by atoms with E-state index in [2.05, 4.69) is 10.2 Å². The van der Waals surface area contributed by atoms with Crippen LogP contribution >= 0.6 is 0 Å². The number of ether oxygens (including phenoxy) is 2. The fourth-order valence-electron chi connectivity index (χ4n) is 0.959. The fraction of sp³-hybridized carbons (Fsp3) is 1.00. The molecule has 0 saturated carbocycles. The van der Waals surface area contributed by atoms with Crippen molar-refractivity contribution < 1.29 is 14.3 Å². The smallest absolute Gasteiger partial charge is 0.163 e. The molecule has 1 fully saturated rings. The van der Waals surface area contributed by atoms with Gasteiger partial charge in [0.15, 0.2) is 11.1 Å². The van der Waals surface area contributed by atoms with Gasteiger partial charge in [-0.3, -0.25) is 0 Å². The van der Waals surface area contributed by atoms with E-state index in [4.69, 9.17) is 9.47 Å². The van der Waals surface area contributed by atoms with Crippen LogP contribution in [0, 0.1) is 4.91 Å². The van der Waals surface area contributed by atoms with Gasteiger partial charge in [-0.25, -0.2) is 0 Å². The Morgan fingerprint density at radius 1 is 1.73 bits per heavy atom. The van der Waals surface area contributed by atoms with Crippen molar-refractivity contribution in [2.24, 2.45) is 5.34 Å². The van der Waals surface area contributed by atoms with Gasteiger partial charge in [0.2, 0.25) is 0 Å². The summed E-state index contributed by atoms with van der Waals surface area (Å²) in [5.74, 6) is -0.559. The van der Waals surface area contributed by atoms with Crippen molar-refractivity contribution in [3.8, 4) is 0 Å². The molecule has 1 aliphatic heterocycles. The van der Waals surface area contributed by atoms with Crippen LogP contribution in [0.15, 0.2) is 5.34 Å². The number of hydrogen-bond acceptors (Lipinski definition) is 5. The zero-order valence-corrected chi connectivity index (χ0v) is 6.57. The molecule has 5 nitrogen and oxygen atoms in total. The van der Waals surface area contributed by atoms with Gasteiger partial charge in [-0.05, 0) is 13.8 Å². The average Bonchev–Trinajstić information content (AvgIpc) is 2.26. The van der Waals surface area contributed by atoms with E-state index in [1.807, 2.05) is 0 Å². The minimum atomic E-state index is -0.559. The average molecular weight is 161 g/mol. The van der Waals surface area contributed by atoms with Crippen LogP contribution in [0.2, 0.25) is 0 Å². The first-order chi connectivity index (χ1) is 5.14. The van der Waals surface area contributed by atoms with Gasteiger partial charge >= 0.3 is 0 Å². The molecule has 0 aromatic carbocycles. The van der Waals surface area contributed by atoms with Crippen LogP contribution in [-0.4, -0.2) is 25.1 Å². The van der Waals surface area contributed by atoms with Crippen LogP contribution in [0.4, 0.5) is 0 Å². The van der Waals surface area contributed by atoms with Crippen LogP contribution in [0.5, 0.6) is 0 Å². The monoisotopic (exact) mass is 161 g/mol. The first-order valence-electron chi connectivity index (χ1n) is 3.40. The molecule has 0 aromatic rings. The lowest BCUT2D eigenvalue weighted by Crippen LogP contribution is -2.23. The molecule has 11 heavy (non-hydrogen) atoms. The molecule has 1 atom stereocenters. The van der Waals surface area contributed by atoms with E-state index in [9.17, 15) is 4.91 Å². The Bertz CT molecular complexity index is 148. The highest BCUT2D eigenvalue weighted by molar-refractivity contribution is 4.69. The highest BCUT2D eigenvalue weighted by atomic mass is 16.8. The third kappa shape index (κ3) is 2.44. The number of rotatable bonds is 3. The van der Waals surface area contributed by atoms with Crippen LogP contribution in [0.3, 0.4) is 0 Å². The molecule has 1 saturated heterocycles. The van der Waals surface area contributed by atoms with Crippen molar-refractivity contribution in [1.82, 2.24) is 0 Å². The molecular weight excluding hydrogens is 150 g/mol. The second kappa shape index (κ2) is 3.15. The van der Waals surface area contributed by atoms with E-state index in [1.54, 1.807) is 13.8 Å². The summed E-state index contributed by atoms with van der Waals surface area (Å²) >= 11 is 0. The minimum Gasteiger partial charge on any atom is -0.361 e. The highest BCUT2D eigenvalue weighted by Crippen LogP contribution is 2.22. The maximum absolute atomic E-state index is 9.55. The van der Waals surface area contributed by atoms with E-state index >= 15 is 0 Å². The van der Waals surface area contributed by atoms with E-state index in [1.165, 1.54) is 0 Å². The Hall–Kier alpha value is -0.680. The molecule has 5 heteroatoms. The first-order valence-corrected chi connectivity index (χ1v) is 3.40. The zero-order valence-electron chi connectivity index (χ0n) is 6.57. The molecule has 0 N–H and O–H groups in total. The Kier molecular flexibility index (Phi) is 2.41. The molecule has 0 aromatic heterocycles. The van der Waals surface area contributed by atoms with Crippen molar-refractivity contribution in [2.45, 2.75) is 25.7 Å². The van der Waals surface area contributed by atoms with Crippen LogP contribution < -0.4 is 0 Å². The highest BCUT2D eigenvalue weighted by Gasteiger charge is 2.33. The number of nitrogens with zero attached hydrogens (tertiary/aromatic N) is 1. The molecule has 0 radical (unpaired) electrons. The lowest BCUT2D eigenvalue weighted by atomic mass is 10.4. The van der Waals surface area contributed by atoms with Crippen molar-refractivity contribution in [2.75, 3.05) is 13.2 Å². The topological polar surface area (TPSA) is 57.1 Å². The molecule has 1 heterocycles. The predicted octanol–water partition coefficient (Wildman–Crippen LogP) is 0.836. The third-order valence-corrected chi connectivity index (χ3v) is 1.38. The molecule has 1 aliphatic rings. The Labute approximate surface area is 64.5 Å². The molecule has 0 aliphatic carbocycles. The summed E-state index contributed by atoms with van der Waals surface area (Å²) in [6, 6.07) is 0. The SMILES string of the molecule is CC1(C)OCC(CON=O)O1. The minimum absolute atomic E-state index is 0.160. The van der Waals surface area contributed by atoms with Gasteiger partial charge in [0, 0.05) is 0 Å². The van der Waals surface area contributed by atoms with E-state index in [0.29, 0.717) is 6.61 Å². The lowest BCUT2D eigenvalue weighted by Gasteiger charge is -2.16. The third-order valence-electron chi connectivity index (χ3n) is 1.38. The van der Waals surface area contributed by atoms with Gasteiger partial charge in [0.1, 0.15) is 12.7 Å². The Morgan fingerprint density at radius 3 is 2.91 bits per heavy atom. The lowest BCUT2D eigenvalue weighted by molar-refractivity contribution is -0.145. The largest absolute Gasteiger partial charge is 0.361 e. The van der Waals surface area contributed by atoms with Crippen molar-refractivity contribution in [1.29, 1.82) is 0 Å². The van der Waals surface area contributed by atoms with Gasteiger partial charge in [-0.2, -0.15) is 0 Å². The van der Waals surface area contributed by atoms with Crippen molar-refractivity contribution in [3.05, 3.63) is 4.91 Å². The predicted molar refractivity (Wildman–Crippen MR) is 36.7 cm³/mol. The van der Waals surface area contributed by atoms with Gasteiger partial charge in [0.05, 0.1) is 6.61 Å². The Balaban J connectivity index is 2.24. The zero-order chi connectivity index (χ0) is 8.32. The summed E-state index contributed by atoms with van der Waals surface area (Å²) in [5, 5.41) is 2.26. The van der Waals surface area contributed by atoms with Crippen molar-refractivity contribution in [3.63, 3.8) is 0 Å². The summed E-state index contributed by atoms with van der Waals surface area (Å²) in [6.07, 6.45) is -0.178. The summed E-state index contributed by atoms with van der Waals surface area (Å²) in [7, 11) is 0. The van der Waals surface area contributed by atoms with Gasteiger partial charge in [0.25, 0.3) is 0 Å². The van der Waals surface area contributed by atoms with Gasteiger partial charge in [-0.15, -0.1) is 4.91 Å². The maximum atomic E-state index is 9.55. The van der Waals surface area contributed by atoms with Crippen LogP contribution in [0.25, 0.3) is 0 Å². The maximum Gasteiger partial charge on any atom is 0.163 e. The molecule has 1 unspecified atom stereocenters. The second-order valence-corrected chi connectivity index (χ2v) is 2.82. The summed E-state index contributed by atoms with van der Waals surface area (Å²) < 4.78 is 10.5. The molecular formula is C6H11NO4. The standard InChI is InChI=1S/C6H11NO4/c1-6(2)9-3-5(11-6)4-10-7-8/h5H,3-4H2,1-2H3. The van der Waals surface area contributed by atoms with E-state index < -0.39 is 5.79 Å². The summed E-state index contributed by atoms with van der Waals surface area (Å²) in [6.45, 7) is 4.22. The molecule has 1 rings (SSSR count). The van der Waals surface area contributed by atoms with Crippen LogP contribution in [0.1, 0.15) is 13.8 Å². The van der Waals surface area contributed by atoms with Gasteiger partial charge < -0.3 is 14.3 Å². The van der Waals surface area contributed by atoms with Gasteiger partial charge in [-0.1, -0.05) is 0 Å². The molecule has 0 amide bonds. The van der Waals surface area contributed by atoms with E-state index in [-0.39, 0.29) is 12.7 Å². The van der Waals surface area contributed by atoms with Crippen LogP contribution in [-0.2, 0) is 14.3 Å². The van der Waals surface area contributed by atoms with E-state index in [0.717, 1.165) is 0 Å². The van der Waals surface area contributed by atoms with Crippen molar-refractivity contribution >= 4 is 0 Å². The normalized spacial score (nSPS) is 28.4. The number of hydrogen-bond donors (Lipinski definition) is 0.